The number of alkyl halides is 4. The summed E-state index contributed by atoms with van der Waals surface area (Å²) in [7, 11) is 0. The van der Waals surface area contributed by atoms with Gasteiger partial charge in [0.25, 0.3) is 0 Å². The molecule has 0 amide bonds. The Morgan fingerprint density at radius 3 is 2.47 bits per heavy atom. The molecule has 0 saturated heterocycles. The molecule has 0 bridgehead atoms. The van der Waals surface area contributed by atoms with Crippen molar-refractivity contribution in [2.45, 2.75) is 12.3 Å². The zero-order chi connectivity index (χ0) is 13.1. The van der Waals surface area contributed by atoms with Crippen molar-refractivity contribution < 1.29 is 27.5 Å². The number of anilines is 1. The molecule has 1 aromatic rings. The lowest BCUT2D eigenvalue weighted by Crippen LogP contribution is -2.35. The topological polar surface area (TPSA) is 49.3 Å². The molecule has 0 spiro atoms. The van der Waals surface area contributed by atoms with E-state index >= 15 is 0 Å². The number of benzene rings is 1. The molecule has 0 atom stereocenters. The summed E-state index contributed by atoms with van der Waals surface area (Å²) in [5, 5.41) is 10.7. The van der Waals surface area contributed by atoms with Gasteiger partial charge in [0.2, 0.25) is 0 Å². The van der Waals surface area contributed by atoms with Gasteiger partial charge in [-0.15, -0.1) is 0 Å². The van der Waals surface area contributed by atoms with E-state index in [2.05, 4.69) is 0 Å². The number of carboxylic acid groups (broad SMARTS) is 1. The summed E-state index contributed by atoms with van der Waals surface area (Å²) in [4.78, 5) is 10.7. The Labute approximate surface area is 94.1 Å². The van der Waals surface area contributed by atoms with E-state index in [-0.39, 0.29) is 11.3 Å². The number of hydrogen-bond acceptors (Lipinski definition) is 2. The Kier molecular flexibility index (Phi) is 3.93. The first-order valence-electron chi connectivity index (χ1n) is 4.57. The third-order valence-electron chi connectivity index (χ3n) is 1.99. The molecule has 0 aromatic heterocycles. The summed E-state index contributed by atoms with van der Waals surface area (Å²) >= 11 is 0. The van der Waals surface area contributed by atoms with Crippen LogP contribution in [0.2, 0.25) is 0 Å². The molecule has 17 heavy (non-hydrogen) atoms. The van der Waals surface area contributed by atoms with Crippen LogP contribution in [0.15, 0.2) is 24.3 Å². The van der Waals surface area contributed by atoms with Crippen molar-refractivity contribution in [2.75, 3.05) is 11.9 Å². The van der Waals surface area contributed by atoms with Crippen molar-refractivity contribution in [2.24, 2.45) is 0 Å². The predicted octanol–water partition coefficient (Wildman–Crippen LogP) is 2.70. The van der Waals surface area contributed by atoms with E-state index in [1.807, 2.05) is 5.32 Å². The van der Waals surface area contributed by atoms with Crippen molar-refractivity contribution in [3.8, 4) is 0 Å². The SMILES string of the molecule is O=C(O)c1ccccc1NCC(F)(F)C(F)F. The van der Waals surface area contributed by atoms with Gasteiger partial charge in [-0.2, -0.15) is 8.78 Å². The summed E-state index contributed by atoms with van der Waals surface area (Å²) in [5.74, 6) is -5.53. The highest BCUT2D eigenvalue weighted by Crippen LogP contribution is 2.24. The number of para-hydroxylation sites is 1. The second kappa shape index (κ2) is 5.03. The van der Waals surface area contributed by atoms with Gasteiger partial charge >= 0.3 is 18.3 Å². The summed E-state index contributed by atoms with van der Waals surface area (Å²) in [5.41, 5.74) is -0.377. The number of rotatable bonds is 5. The minimum atomic E-state index is -4.20. The summed E-state index contributed by atoms with van der Waals surface area (Å²) in [6.07, 6.45) is -3.80. The first-order chi connectivity index (χ1) is 7.84. The lowest BCUT2D eigenvalue weighted by molar-refractivity contribution is -0.117. The van der Waals surface area contributed by atoms with Gasteiger partial charge in [0.05, 0.1) is 12.1 Å². The molecule has 3 nitrogen and oxygen atoms in total. The van der Waals surface area contributed by atoms with Crippen LogP contribution >= 0.6 is 0 Å². The quantitative estimate of drug-likeness (QED) is 0.791. The zero-order valence-electron chi connectivity index (χ0n) is 8.46. The Hall–Kier alpha value is -1.79. The third-order valence-corrected chi connectivity index (χ3v) is 1.99. The van der Waals surface area contributed by atoms with E-state index in [0.717, 1.165) is 0 Å². The fraction of sp³-hybridized carbons (Fsp3) is 0.300. The average Bonchev–Trinajstić information content (AvgIpc) is 2.26. The maximum atomic E-state index is 12.6. The highest BCUT2D eigenvalue weighted by Gasteiger charge is 2.40. The molecule has 1 aromatic carbocycles. The highest BCUT2D eigenvalue weighted by molar-refractivity contribution is 5.94. The molecule has 2 N–H and O–H groups in total. The van der Waals surface area contributed by atoms with Crippen molar-refractivity contribution in [3.63, 3.8) is 0 Å². The van der Waals surface area contributed by atoms with Crippen LogP contribution in [0.25, 0.3) is 0 Å². The Morgan fingerprint density at radius 2 is 1.94 bits per heavy atom. The second-order valence-corrected chi connectivity index (χ2v) is 3.27. The Balaban J connectivity index is 2.79. The normalized spacial score (nSPS) is 11.6. The minimum Gasteiger partial charge on any atom is -0.478 e. The van der Waals surface area contributed by atoms with Crippen LogP contribution in [0.1, 0.15) is 10.4 Å². The van der Waals surface area contributed by atoms with Crippen molar-refractivity contribution in [3.05, 3.63) is 29.8 Å². The molecular formula is C10H9F4NO2. The number of hydrogen-bond donors (Lipinski definition) is 2. The van der Waals surface area contributed by atoms with Gasteiger partial charge in [0.15, 0.2) is 0 Å². The third kappa shape index (κ3) is 3.33. The van der Waals surface area contributed by atoms with E-state index in [0.29, 0.717) is 0 Å². The van der Waals surface area contributed by atoms with Gasteiger partial charge in [-0.05, 0) is 12.1 Å². The van der Waals surface area contributed by atoms with Crippen LogP contribution in [0, 0.1) is 0 Å². The molecule has 0 aliphatic carbocycles. The van der Waals surface area contributed by atoms with Crippen LogP contribution in [-0.2, 0) is 0 Å². The maximum Gasteiger partial charge on any atom is 0.337 e. The fourth-order valence-corrected chi connectivity index (χ4v) is 1.11. The van der Waals surface area contributed by atoms with Crippen LogP contribution in [0.5, 0.6) is 0 Å². The van der Waals surface area contributed by atoms with E-state index in [1.165, 1.54) is 24.3 Å². The first kappa shape index (κ1) is 13.3. The summed E-state index contributed by atoms with van der Waals surface area (Å²) in [6.45, 7) is -1.32. The minimum absolute atomic E-state index is 0.125. The lowest BCUT2D eigenvalue weighted by atomic mass is 10.1. The van der Waals surface area contributed by atoms with Gasteiger partial charge in [-0.3, -0.25) is 0 Å². The molecule has 0 aliphatic heterocycles. The standard InChI is InChI=1S/C10H9F4NO2/c11-9(12)10(13,14)5-15-7-4-2-1-3-6(7)8(16)17/h1-4,9,15H,5H2,(H,16,17). The van der Waals surface area contributed by atoms with Gasteiger partial charge in [0, 0.05) is 5.69 Å². The average molecular weight is 251 g/mol. The number of carboxylic acids is 1. The Morgan fingerprint density at radius 1 is 1.35 bits per heavy atom. The summed E-state index contributed by atoms with van der Waals surface area (Å²) < 4.78 is 48.9. The number of nitrogens with one attached hydrogen (secondary N) is 1. The molecular weight excluding hydrogens is 242 g/mol. The van der Waals surface area contributed by atoms with Gasteiger partial charge in [-0.25, -0.2) is 13.6 Å². The molecule has 1 rings (SSSR count). The van der Waals surface area contributed by atoms with E-state index in [1.54, 1.807) is 0 Å². The van der Waals surface area contributed by atoms with E-state index in [9.17, 15) is 22.4 Å². The van der Waals surface area contributed by atoms with Gasteiger partial charge in [0.1, 0.15) is 0 Å². The molecule has 7 heteroatoms. The van der Waals surface area contributed by atoms with E-state index < -0.39 is 24.9 Å². The number of aromatic carboxylic acids is 1. The van der Waals surface area contributed by atoms with Crippen molar-refractivity contribution >= 4 is 11.7 Å². The molecule has 0 unspecified atom stereocenters. The number of halogens is 4. The van der Waals surface area contributed by atoms with Crippen LogP contribution in [-0.4, -0.2) is 30.0 Å². The predicted molar refractivity (Wildman–Crippen MR) is 52.8 cm³/mol. The molecule has 0 fully saturated rings. The molecule has 0 saturated carbocycles. The molecule has 0 aliphatic rings. The fourth-order valence-electron chi connectivity index (χ4n) is 1.11. The zero-order valence-corrected chi connectivity index (χ0v) is 8.46. The second-order valence-electron chi connectivity index (χ2n) is 3.27. The van der Waals surface area contributed by atoms with Gasteiger partial charge in [-0.1, -0.05) is 12.1 Å². The summed E-state index contributed by atoms with van der Waals surface area (Å²) in [6, 6.07) is 5.23. The first-order valence-corrected chi connectivity index (χ1v) is 4.57. The van der Waals surface area contributed by atoms with Crippen molar-refractivity contribution in [1.82, 2.24) is 0 Å². The molecule has 94 valence electrons. The van der Waals surface area contributed by atoms with E-state index in [4.69, 9.17) is 5.11 Å². The van der Waals surface area contributed by atoms with Crippen LogP contribution < -0.4 is 5.32 Å². The number of carbonyl (C=O) groups is 1. The molecule has 0 radical (unpaired) electrons. The highest BCUT2D eigenvalue weighted by atomic mass is 19.3. The van der Waals surface area contributed by atoms with Crippen LogP contribution in [0.4, 0.5) is 23.2 Å². The smallest absolute Gasteiger partial charge is 0.337 e. The van der Waals surface area contributed by atoms with Crippen molar-refractivity contribution in [1.29, 1.82) is 0 Å². The largest absolute Gasteiger partial charge is 0.478 e. The monoisotopic (exact) mass is 251 g/mol. The van der Waals surface area contributed by atoms with Crippen LogP contribution in [0.3, 0.4) is 0 Å². The Bertz CT molecular complexity index is 409. The maximum absolute atomic E-state index is 12.6. The molecule has 0 heterocycles. The lowest BCUT2D eigenvalue weighted by Gasteiger charge is -2.17. The van der Waals surface area contributed by atoms with Gasteiger partial charge < -0.3 is 10.4 Å².